The predicted octanol–water partition coefficient (Wildman–Crippen LogP) is 1.13. The normalized spacial score (nSPS) is 26.0. The molecule has 1 aromatic rings. The van der Waals surface area contributed by atoms with Crippen LogP contribution >= 0.6 is 0 Å². The van der Waals surface area contributed by atoms with Gasteiger partial charge >= 0.3 is 0 Å². The van der Waals surface area contributed by atoms with Gasteiger partial charge in [-0.15, -0.1) is 0 Å². The third-order valence-corrected chi connectivity index (χ3v) is 6.92. The smallest absolute Gasteiger partial charge is 0.260 e. The number of nitrogens with zero attached hydrogens (tertiary/aromatic N) is 2. The zero-order chi connectivity index (χ0) is 19.7. The first kappa shape index (κ1) is 20.1. The quantitative estimate of drug-likeness (QED) is 0.721. The molecule has 27 heavy (non-hydrogen) atoms. The largest absolute Gasteiger partial charge is 0.484 e. The molecule has 2 saturated heterocycles. The van der Waals surface area contributed by atoms with Crippen molar-refractivity contribution in [1.29, 1.82) is 0 Å². The molecule has 2 aliphatic heterocycles. The maximum absolute atomic E-state index is 12.6. The summed E-state index contributed by atoms with van der Waals surface area (Å²) < 4.78 is 36.6. The zero-order valence-corrected chi connectivity index (χ0v) is 17.0. The lowest BCUT2D eigenvalue weighted by Gasteiger charge is -2.43. The number of fused-ring (bicyclic) bond motifs is 1. The molecule has 0 spiro atoms. The highest BCUT2D eigenvalue weighted by atomic mass is 32.2. The second-order valence-electron chi connectivity index (χ2n) is 7.74. The second-order valence-corrected chi connectivity index (χ2v) is 9.73. The van der Waals surface area contributed by atoms with Crippen molar-refractivity contribution in [1.82, 2.24) is 9.21 Å². The van der Waals surface area contributed by atoms with E-state index < -0.39 is 10.0 Å². The number of methoxy groups -OCH3 is 1. The Morgan fingerprint density at radius 3 is 2.78 bits per heavy atom. The van der Waals surface area contributed by atoms with Crippen LogP contribution in [-0.2, 0) is 19.6 Å². The molecule has 0 radical (unpaired) electrons. The number of ether oxygens (including phenoxy) is 2. The highest BCUT2D eigenvalue weighted by molar-refractivity contribution is 7.88. The van der Waals surface area contributed by atoms with Gasteiger partial charge in [-0.3, -0.25) is 4.79 Å². The molecule has 0 aliphatic carbocycles. The summed E-state index contributed by atoms with van der Waals surface area (Å²) in [6, 6.07) is 7.60. The molecule has 7 nitrogen and oxygen atoms in total. The highest BCUT2D eigenvalue weighted by Crippen LogP contribution is 2.43. The number of piperidine rings is 1. The Labute approximate surface area is 161 Å². The Bertz CT molecular complexity index is 797. The third kappa shape index (κ3) is 4.44. The molecule has 1 aromatic carbocycles. The molecule has 3 rings (SSSR count). The number of sulfonamides is 1. The van der Waals surface area contributed by atoms with E-state index in [4.69, 9.17) is 9.47 Å². The second kappa shape index (κ2) is 7.77. The average Bonchev–Trinajstić information content (AvgIpc) is 2.99. The van der Waals surface area contributed by atoms with E-state index in [1.165, 1.54) is 10.6 Å². The van der Waals surface area contributed by atoms with Crippen LogP contribution in [0.2, 0.25) is 0 Å². The molecular formula is C19H28N2O5S. The van der Waals surface area contributed by atoms with E-state index >= 15 is 0 Å². The molecule has 150 valence electrons. The minimum absolute atomic E-state index is 0.0107. The SMILES string of the molecule is COC[C@@]12CCN(C(=O)COc3cccc(C)c3)C[C@@H]1CN(S(C)(=O)=O)C2. The Kier molecular flexibility index (Phi) is 5.79. The monoisotopic (exact) mass is 396 g/mol. The molecule has 2 fully saturated rings. The lowest BCUT2D eigenvalue weighted by Crippen LogP contribution is -2.51. The number of aryl methyl sites for hydroxylation is 1. The van der Waals surface area contributed by atoms with Crippen LogP contribution in [0.3, 0.4) is 0 Å². The maximum atomic E-state index is 12.6. The van der Waals surface area contributed by atoms with Crippen LogP contribution < -0.4 is 4.74 Å². The molecular weight excluding hydrogens is 368 g/mol. The van der Waals surface area contributed by atoms with Crippen LogP contribution in [0.4, 0.5) is 0 Å². The Hall–Kier alpha value is -1.64. The summed E-state index contributed by atoms with van der Waals surface area (Å²) in [4.78, 5) is 14.4. The summed E-state index contributed by atoms with van der Waals surface area (Å²) in [5, 5.41) is 0. The van der Waals surface area contributed by atoms with Crippen molar-refractivity contribution in [3.63, 3.8) is 0 Å². The number of likely N-dealkylation sites (tertiary alicyclic amines) is 1. The van der Waals surface area contributed by atoms with Crippen LogP contribution in [-0.4, -0.2) is 76.3 Å². The van der Waals surface area contributed by atoms with Crippen LogP contribution in [0.15, 0.2) is 24.3 Å². The molecule has 0 saturated carbocycles. The Morgan fingerprint density at radius 2 is 2.11 bits per heavy atom. The maximum Gasteiger partial charge on any atom is 0.260 e. The van der Waals surface area contributed by atoms with Crippen LogP contribution in [0.25, 0.3) is 0 Å². The van der Waals surface area contributed by atoms with Gasteiger partial charge in [0, 0.05) is 38.7 Å². The van der Waals surface area contributed by atoms with E-state index in [1.54, 1.807) is 12.0 Å². The molecule has 8 heteroatoms. The molecule has 0 unspecified atom stereocenters. The lowest BCUT2D eigenvalue weighted by molar-refractivity contribution is -0.137. The zero-order valence-electron chi connectivity index (χ0n) is 16.2. The average molecular weight is 397 g/mol. The molecule has 1 amide bonds. The topological polar surface area (TPSA) is 76.2 Å². The molecule has 2 atom stereocenters. The first-order valence-electron chi connectivity index (χ1n) is 9.15. The van der Waals surface area contributed by atoms with Gasteiger partial charge in [0.05, 0.1) is 12.9 Å². The number of carbonyl (C=O) groups is 1. The Morgan fingerprint density at radius 1 is 1.33 bits per heavy atom. The fourth-order valence-corrected chi connectivity index (χ4v) is 5.12. The number of rotatable bonds is 6. The van der Waals surface area contributed by atoms with Crippen LogP contribution in [0, 0.1) is 18.3 Å². The van der Waals surface area contributed by atoms with E-state index in [2.05, 4.69) is 0 Å². The van der Waals surface area contributed by atoms with Gasteiger partial charge in [0.25, 0.3) is 5.91 Å². The molecule has 0 N–H and O–H groups in total. The molecule has 0 bridgehead atoms. The van der Waals surface area contributed by atoms with Gasteiger partial charge in [0.15, 0.2) is 6.61 Å². The van der Waals surface area contributed by atoms with Gasteiger partial charge in [-0.2, -0.15) is 0 Å². The van der Waals surface area contributed by atoms with Crippen molar-refractivity contribution in [3.8, 4) is 5.75 Å². The van der Waals surface area contributed by atoms with Crippen molar-refractivity contribution in [2.45, 2.75) is 13.3 Å². The summed E-state index contributed by atoms with van der Waals surface area (Å²) >= 11 is 0. The fourth-order valence-electron chi connectivity index (χ4n) is 4.18. The van der Waals surface area contributed by atoms with Crippen molar-refractivity contribution in [3.05, 3.63) is 29.8 Å². The minimum Gasteiger partial charge on any atom is -0.484 e. The number of carbonyl (C=O) groups excluding carboxylic acids is 1. The first-order valence-corrected chi connectivity index (χ1v) is 11.0. The standard InChI is InChI=1S/C19H28N2O5S/c1-15-5-4-6-17(9-15)26-12-18(22)20-8-7-19(14-25-2)13-21(27(3,23)24)11-16(19)10-20/h4-6,9,16H,7-8,10-14H2,1-3H3/t16-,19+/m1/s1. The molecule has 2 aliphatic rings. The Balaban J connectivity index is 1.64. The van der Waals surface area contributed by atoms with Crippen molar-refractivity contribution in [2.24, 2.45) is 11.3 Å². The van der Waals surface area contributed by atoms with Crippen molar-refractivity contribution < 1.29 is 22.7 Å². The summed E-state index contributed by atoms with van der Waals surface area (Å²) in [6.07, 6.45) is 1.97. The van der Waals surface area contributed by atoms with Gasteiger partial charge < -0.3 is 14.4 Å². The molecule has 0 aromatic heterocycles. The minimum atomic E-state index is -3.26. The lowest BCUT2D eigenvalue weighted by atomic mass is 9.73. The van der Waals surface area contributed by atoms with Crippen LogP contribution in [0.5, 0.6) is 5.75 Å². The number of hydrogen-bond donors (Lipinski definition) is 0. The highest BCUT2D eigenvalue weighted by Gasteiger charge is 2.52. The summed E-state index contributed by atoms with van der Waals surface area (Å²) in [5.41, 5.74) is 0.862. The first-order chi connectivity index (χ1) is 12.7. The van der Waals surface area contributed by atoms with Crippen molar-refractivity contribution in [2.75, 3.05) is 52.8 Å². The summed E-state index contributed by atoms with van der Waals surface area (Å²) in [7, 11) is -1.61. The van der Waals surface area contributed by atoms with Gasteiger partial charge in [-0.25, -0.2) is 12.7 Å². The third-order valence-electron chi connectivity index (χ3n) is 5.71. The fraction of sp³-hybridized carbons (Fsp3) is 0.632. The van der Waals surface area contributed by atoms with E-state index in [-0.39, 0.29) is 23.8 Å². The van der Waals surface area contributed by atoms with Crippen LogP contribution in [0.1, 0.15) is 12.0 Å². The molecule has 2 heterocycles. The predicted molar refractivity (Wildman–Crippen MR) is 102 cm³/mol. The summed E-state index contributed by atoms with van der Waals surface area (Å²) in [6.45, 7) is 4.49. The van der Waals surface area contributed by atoms with Gasteiger partial charge in [0.1, 0.15) is 5.75 Å². The van der Waals surface area contributed by atoms with Gasteiger partial charge in [-0.05, 0) is 37.0 Å². The van der Waals surface area contributed by atoms with Crippen molar-refractivity contribution >= 4 is 15.9 Å². The van der Waals surface area contributed by atoms with Gasteiger partial charge in [-0.1, -0.05) is 12.1 Å². The number of benzene rings is 1. The van der Waals surface area contributed by atoms with Gasteiger partial charge in [0.2, 0.25) is 10.0 Å². The number of hydrogen-bond acceptors (Lipinski definition) is 5. The van der Waals surface area contributed by atoms with E-state index in [9.17, 15) is 13.2 Å². The van der Waals surface area contributed by atoms with E-state index in [1.807, 2.05) is 31.2 Å². The van der Waals surface area contributed by atoms with E-state index in [0.29, 0.717) is 38.5 Å². The van der Waals surface area contributed by atoms with E-state index in [0.717, 1.165) is 12.0 Å². The summed E-state index contributed by atoms with van der Waals surface area (Å²) in [5.74, 6) is 0.683. The number of amides is 1.